The van der Waals surface area contributed by atoms with Gasteiger partial charge in [-0.05, 0) is 0 Å². The maximum absolute atomic E-state index is 10.0. The van der Waals surface area contributed by atoms with Gasteiger partial charge in [0.25, 0.3) is 0 Å². The summed E-state index contributed by atoms with van der Waals surface area (Å²) in [6.45, 7) is -0.224. The summed E-state index contributed by atoms with van der Waals surface area (Å²) in [4.78, 5) is 10.0. The van der Waals surface area contributed by atoms with E-state index in [1.807, 2.05) is 0 Å². The third-order valence-corrected chi connectivity index (χ3v) is 1.41. The molecule has 6 N–H and O–H groups in total. The van der Waals surface area contributed by atoms with Crippen molar-refractivity contribution in [3.63, 3.8) is 0 Å². The van der Waals surface area contributed by atoms with Crippen molar-refractivity contribution in [1.82, 2.24) is 0 Å². The molecule has 6 nitrogen and oxygen atoms in total. The minimum atomic E-state index is -1.51. The quantitative estimate of drug-likeness (QED) is 0.318. The van der Waals surface area contributed by atoms with Crippen LogP contribution in [0.1, 0.15) is 6.42 Å². The van der Waals surface area contributed by atoms with E-state index in [2.05, 4.69) is 0 Å². The molecule has 0 radical (unpaired) electrons. The van der Waals surface area contributed by atoms with E-state index in [-0.39, 0.29) is 6.54 Å². The van der Waals surface area contributed by atoms with E-state index >= 15 is 0 Å². The van der Waals surface area contributed by atoms with Crippen molar-refractivity contribution in [2.45, 2.75) is 24.7 Å². The SMILES string of the molecule is NCC(O)C(O)C(O)CC(=O)O. The summed E-state index contributed by atoms with van der Waals surface area (Å²) in [7, 11) is 0. The molecule has 12 heavy (non-hydrogen) atoms. The Kier molecular flexibility index (Phi) is 4.75. The lowest BCUT2D eigenvalue weighted by atomic mass is 10.1. The highest BCUT2D eigenvalue weighted by atomic mass is 16.4. The minimum Gasteiger partial charge on any atom is -0.481 e. The number of hydrogen-bond acceptors (Lipinski definition) is 5. The van der Waals surface area contributed by atoms with Crippen LogP contribution in [0.2, 0.25) is 0 Å². The summed E-state index contributed by atoms with van der Waals surface area (Å²) >= 11 is 0. The third kappa shape index (κ3) is 3.63. The van der Waals surface area contributed by atoms with Gasteiger partial charge in [-0.15, -0.1) is 0 Å². The lowest BCUT2D eigenvalue weighted by Crippen LogP contribution is -2.42. The standard InChI is InChI=1S/C6H13NO5/c7-2-4(9)6(12)3(8)1-5(10)11/h3-4,6,8-9,12H,1-2,7H2,(H,10,11). The number of rotatable bonds is 5. The second kappa shape index (κ2) is 5.04. The number of aliphatic carboxylic acids is 1. The van der Waals surface area contributed by atoms with Crippen LogP contribution in [0.4, 0.5) is 0 Å². The molecule has 0 aliphatic rings. The highest BCUT2D eigenvalue weighted by Crippen LogP contribution is 2.03. The Balaban J connectivity index is 3.91. The van der Waals surface area contributed by atoms with Gasteiger partial charge < -0.3 is 26.2 Å². The molecule has 0 aliphatic heterocycles. The Labute approximate surface area is 69.2 Å². The van der Waals surface area contributed by atoms with Crippen LogP contribution in [0.15, 0.2) is 0 Å². The second-order valence-electron chi connectivity index (χ2n) is 2.46. The molecule has 3 atom stereocenters. The zero-order valence-electron chi connectivity index (χ0n) is 6.42. The van der Waals surface area contributed by atoms with Gasteiger partial charge in [-0.3, -0.25) is 4.79 Å². The van der Waals surface area contributed by atoms with Gasteiger partial charge in [0.15, 0.2) is 0 Å². The van der Waals surface area contributed by atoms with Crippen molar-refractivity contribution in [3.05, 3.63) is 0 Å². The largest absolute Gasteiger partial charge is 0.481 e. The normalized spacial score (nSPS) is 18.3. The Morgan fingerprint density at radius 2 is 1.75 bits per heavy atom. The lowest BCUT2D eigenvalue weighted by molar-refractivity contribution is -0.142. The first kappa shape index (κ1) is 11.3. The molecule has 0 spiro atoms. The summed E-state index contributed by atoms with van der Waals surface area (Å²) in [5.74, 6) is -1.24. The monoisotopic (exact) mass is 179 g/mol. The van der Waals surface area contributed by atoms with E-state index in [1.54, 1.807) is 0 Å². The number of carboxylic acids is 1. The van der Waals surface area contributed by atoms with Crippen molar-refractivity contribution in [2.24, 2.45) is 5.73 Å². The van der Waals surface area contributed by atoms with Crippen molar-refractivity contribution < 1.29 is 25.2 Å². The number of hydrogen-bond donors (Lipinski definition) is 5. The highest BCUT2D eigenvalue weighted by molar-refractivity contribution is 5.67. The molecule has 0 amide bonds. The maximum atomic E-state index is 10.0. The van der Waals surface area contributed by atoms with Gasteiger partial charge in [-0.25, -0.2) is 0 Å². The summed E-state index contributed by atoms with van der Waals surface area (Å²) in [6, 6.07) is 0. The van der Waals surface area contributed by atoms with E-state index in [4.69, 9.17) is 26.2 Å². The summed E-state index contributed by atoms with van der Waals surface area (Å²) < 4.78 is 0. The van der Waals surface area contributed by atoms with Crippen LogP contribution in [0.3, 0.4) is 0 Å². The van der Waals surface area contributed by atoms with E-state index < -0.39 is 30.7 Å². The van der Waals surface area contributed by atoms with Gasteiger partial charge in [-0.2, -0.15) is 0 Å². The first-order chi connectivity index (χ1) is 5.49. The molecule has 0 aromatic rings. The van der Waals surface area contributed by atoms with Gasteiger partial charge in [0.1, 0.15) is 6.10 Å². The number of aliphatic hydroxyl groups is 3. The molecule has 0 saturated heterocycles. The highest BCUT2D eigenvalue weighted by Gasteiger charge is 2.25. The zero-order valence-corrected chi connectivity index (χ0v) is 6.42. The molecule has 0 rings (SSSR count). The molecular weight excluding hydrogens is 166 g/mol. The zero-order chi connectivity index (χ0) is 9.72. The molecule has 0 heterocycles. The first-order valence-electron chi connectivity index (χ1n) is 3.45. The summed E-state index contributed by atoms with van der Waals surface area (Å²) in [5.41, 5.74) is 4.97. The van der Waals surface area contributed by atoms with E-state index in [0.29, 0.717) is 0 Å². The molecule has 0 aliphatic carbocycles. The molecule has 0 saturated carbocycles. The number of carbonyl (C=O) groups is 1. The predicted molar refractivity (Wildman–Crippen MR) is 39.3 cm³/mol. The van der Waals surface area contributed by atoms with Crippen LogP contribution >= 0.6 is 0 Å². The van der Waals surface area contributed by atoms with Crippen LogP contribution < -0.4 is 5.73 Å². The van der Waals surface area contributed by atoms with Gasteiger partial charge >= 0.3 is 5.97 Å². The van der Waals surface area contributed by atoms with Gasteiger partial charge in [0.2, 0.25) is 0 Å². The van der Waals surface area contributed by atoms with Gasteiger partial charge in [0.05, 0.1) is 18.6 Å². The van der Waals surface area contributed by atoms with Crippen LogP contribution in [0.25, 0.3) is 0 Å². The predicted octanol–water partition coefficient (Wildman–Crippen LogP) is -2.50. The average molecular weight is 179 g/mol. The molecular formula is C6H13NO5. The Bertz CT molecular complexity index is 151. The number of nitrogens with two attached hydrogens (primary N) is 1. The van der Waals surface area contributed by atoms with Crippen LogP contribution in [0, 0.1) is 0 Å². The number of aliphatic hydroxyl groups excluding tert-OH is 3. The summed E-state index contributed by atoms with van der Waals surface area (Å²) in [6.07, 6.45) is -4.90. The Hall–Kier alpha value is -0.690. The van der Waals surface area contributed by atoms with Crippen LogP contribution in [-0.4, -0.2) is 51.3 Å². The van der Waals surface area contributed by atoms with E-state index in [1.165, 1.54) is 0 Å². The van der Waals surface area contributed by atoms with Crippen LogP contribution in [-0.2, 0) is 4.79 Å². The lowest BCUT2D eigenvalue weighted by Gasteiger charge is -2.20. The number of carboxylic acid groups (broad SMARTS) is 1. The van der Waals surface area contributed by atoms with Gasteiger partial charge in [0, 0.05) is 6.54 Å². The molecule has 6 heteroatoms. The van der Waals surface area contributed by atoms with E-state index in [9.17, 15) is 4.79 Å². The first-order valence-corrected chi connectivity index (χ1v) is 3.45. The van der Waals surface area contributed by atoms with Crippen molar-refractivity contribution >= 4 is 5.97 Å². The van der Waals surface area contributed by atoms with Crippen molar-refractivity contribution in [3.8, 4) is 0 Å². The Morgan fingerprint density at radius 1 is 1.25 bits per heavy atom. The second-order valence-corrected chi connectivity index (χ2v) is 2.46. The fourth-order valence-electron chi connectivity index (χ4n) is 0.696. The smallest absolute Gasteiger partial charge is 0.306 e. The molecule has 0 aromatic heterocycles. The maximum Gasteiger partial charge on any atom is 0.306 e. The Morgan fingerprint density at radius 3 is 2.08 bits per heavy atom. The average Bonchev–Trinajstić information content (AvgIpc) is 2.00. The fraction of sp³-hybridized carbons (Fsp3) is 0.833. The topological polar surface area (TPSA) is 124 Å². The van der Waals surface area contributed by atoms with Gasteiger partial charge in [-0.1, -0.05) is 0 Å². The fourth-order valence-corrected chi connectivity index (χ4v) is 0.696. The molecule has 0 fully saturated rings. The van der Waals surface area contributed by atoms with Crippen molar-refractivity contribution in [1.29, 1.82) is 0 Å². The molecule has 0 aromatic carbocycles. The minimum absolute atomic E-state index is 0.224. The third-order valence-electron chi connectivity index (χ3n) is 1.41. The molecule has 0 bridgehead atoms. The van der Waals surface area contributed by atoms with Crippen molar-refractivity contribution in [2.75, 3.05) is 6.54 Å². The van der Waals surface area contributed by atoms with Crippen LogP contribution in [0.5, 0.6) is 0 Å². The molecule has 3 unspecified atom stereocenters. The van der Waals surface area contributed by atoms with E-state index in [0.717, 1.165) is 0 Å². The summed E-state index contributed by atoms with van der Waals surface area (Å²) in [5, 5.41) is 35.0. The molecule has 72 valence electrons.